The fraction of sp³-hybridized carbons (Fsp3) is 0.296. The lowest BCUT2D eigenvalue weighted by atomic mass is 9.95. The molecule has 9 heteroatoms. The summed E-state index contributed by atoms with van der Waals surface area (Å²) >= 11 is 5.20. The predicted molar refractivity (Wildman–Crippen MR) is 146 cm³/mol. The number of rotatable bonds is 11. The molecule has 0 saturated heterocycles. The van der Waals surface area contributed by atoms with Gasteiger partial charge in [-0.25, -0.2) is 9.48 Å². The number of hydrogen-bond acceptors (Lipinski definition) is 7. The number of ether oxygens (including phenoxy) is 2. The lowest BCUT2D eigenvalue weighted by molar-refractivity contribution is -0.138. The highest BCUT2D eigenvalue weighted by Gasteiger charge is 2.37. The van der Waals surface area contributed by atoms with Crippen LogP contribution in [0.25, 0.3) is 0 Å². The number of allylic oxidation sites excluding steroid dienone is 1. The van der Waals surface area contributed by atoms with Crippen molar-refractivity contribution < 1.29 is 14.3 Å². The number of anilines is 1. The second-order valence-electron chi connectivity index (χ2n) is 8.27. The monoisotopic (exact) mass is 568 g/mol. The molecule has 1 aliphatic rings. The number of unbranched alkanes of at least 4 members (excludes halogenated alkanes) is 1. The van der Waals surface area contributed by atoms with E-state index >= 15 is 0 Å². The van der Waals surface area contributed by atoms with Crippen molar-refractivity contribution in [2.75, 3.05) is 17.7 Å². The van der Waals surface area contributed by atoms with Gasteiger partial charge in [-0.15, -0.1) is 5.10 Å². The summed E-state index contributed by atoms with van der Waals surface area (Å²) in [5.74, 6) is 1.71. The molecule has 1 N–H and O–H groups in total. The van der Waals surface area contributed by atoms with Crippen molar-refractivity contribution in [3.8, 4) is 5.75 Å². The average molecular weight is 570 g/mol. The normalized spacial score (nSPS) is 14.7. The summed E-state index contributed by atoms with van der Waals surface area (Å²) in [6, 6.07) is 15.2. The van der Waals surface area contributed by atoms with Gasteiger partial charge < -0.3 is 14.8 Å². The van der Waals surface area contributed by atoms with Crippen LogP contribution >= 0.6 is 27.7 Å². The van der Waals surface area contributed by atoms with Gasteiger partial charge in [-0.1, -0.05) is 84.0 Å². The van der Waals surface area contributed by atoms with E-state index in [1.165, 1.54) is 0 Å². The van der Waals surface area contributed by atoms with E-state index in [1.807, 2.05) is 55.5 Å². The van der Waals surface area contributed by atoms with Crippen molar-refractivity contribution in [3.05, 3.63) is 88.1 Å². The SMILES string of the molecule is C=CCOC(=O)C1=C(C)Nc2nc(SCCCC)nn2C1c1cc(Br)ccc1OCc1ccccc1. The molecular weight excluding hydrogens is 540 g/mol. The van der Waals surface area contributed by atoms with Crippen molar-refractivity contribution >= 4 is 39.6 Å². The number of halogens is 1. The Morgan fingerprint density at radius 1 is 1.28 bits per heavy atom. The van der Waals surface area contributed by atoms with E-state index in [4.69, 9.17) is 19.6 Å². The zero-order valence-corrected chi connectivity index (χ0v) is 22.8. The van der Waals surface area contributed by atoms with Crippen LogP contribution < -0.4 is 10.1 Å². The highest BCUT2D eigenvalue weighted by atomic mass is 79.9. The van der Waals surface area contributed by atoms with Gasteiger partial charge in [-0.3, -0.25) is 0 Å². The van der Waals surface area contributed by atoms with Gasteiger partial charge in [0.2, 0.25) is 11.1 Å². The Morgan fingerprint density at radius 2 is 2.08 bits per heavy atom. The fourth-order valence-corrected chi connectivity index (χ4v) is 5.16. The van der Waals surface area contributed by atoms with E-state index in [9.17, 15) is 4.79 Å². The standard InChI is InChI=1S/C27H29BrN4O3S/c1-4-6-15-36-27-30-26-29-18(3)23(25(33)34-14-5-2)24(32(26)31-27)21-16-20(28)12-13-22(21)35-17-19-10-8-7-9-11-19/h5,7-13,16,24H,2,4,6,14-15,17H2,1,3H3,(H,29,30,31). The molecule has 0 aliphatic carbocycles. The van der Waals surface area contributed by atoms with Crippen molar-refractivity contribution in [1.29, 1.82) is 0 Å². The molecule has 0 spiro atoms. The van der Waals surface area contributed by atoms with Crippen molar-refractivity contribution in [2.24, 2.45) is 0 Å². The van der Waals surface area contributed by atoms with Gasteiger partial charge in [0, 0.05) is 21.5 Å². The van der Waals surface area contributed by atoms with Crippen LogP contribution in [0, 0.1) is 0 Å². The largest absolute Gasteiger partial charge is 0.489 e. The molecule has 188 valence electrons. The maximum Gasteiger partial charge on any atom is 0.338 e. The molecule has 7 nitrogen and oxygen atoms in total. The van der Waals surface area contributed by atoms with Gasteiger partial charge in [0.05, 0.1) is 5.57 Å². The highest BCUT2D eigenvalue weighted by Crippen LogP contribution is 2.41. The Hall–Kier alpha value is -3.04. The van der Waals surface area contributed by atoms with Crippen LogP contribution in [0.1, 0.15) is 43.9 Å². The van der Waals surface area contributed by atoms with Crippen LogP contribution in [0.15, 0.2) is 82.1 Å². The second kappa shape index (κ2) is 12.3. The second-order valence-corrected chi connectivity index (χ2v) is 10.3. The van der Waals surface area contributed by atoms with Crippen LogP contribution in [0.3, 0.4) is 0 Å². The Bertz CT molecular complexity index is 1260. The maximum absolute atomic E-state index is 13.3. The minimum absolute atomic E-state index is 0.112. The number of nitrogens with one attached hydrogen (secondary N) is 1. The lowest BCUT2D eigenvalue weighted by Crippen LogP contribution is -2.30. The molecule has 1 aromatic heterocycles. The molecule has 1 atom stereocenters. The van der Waals surface area contributed by atoms with E-state index in [0.717, 1.165) is 34.2 Å². The number of fused-ring (bicyclic) bond motifs is 1. The van der Waals surface area contributed by atoms with Gasteiger partial charge in [-0.2, -0.15) is 4.98 Å². The third-order valence-electron chi connectivity index (χ3n) is 5.62. The summed E-state index contributed by atoms with van der Waals surface area (Å²) in [6.45, 7) is 8.17. The van der Waals surface area contributed by atoms with Crippen molar-refractivity contribution in [1.82, 2.24) is 14.8 Å². The third kappa shape index (κ3) is 6.02. The first-order chi connectivity index (χ1) is 17.5. The van der Waals surface area contributed by atoms with Crippen molar-refractivity contribution in [2.45, 2.75) is 44.5 Å². The molecule has 4 rings (SSSR count). The number of aromatic nitrogens is 3. The first kappa shape index (κ1) is 26.0. The van der Waals surface area contributed by atoms with E-state index in [0.29, 0.717) is 34.7 Å². The molecule has 0 amide bonds. The maximum atomic E-state index is 13.3. The molecule has 0 bridgehead atoms. The summed E-state index contributed by atoms with van der Waals surface area (Å²) in [5, 5.41) is 8.69. The molecule has 1 unspecified atom stereocenters. The van der Waals surface area contributed by atoms with E-state index in [1.54, 1.807) is 22.5 Å². The van der Waals surface area contributed by atoms with Crippen LogP contribution in [0.5, 0.6) is 5.75 Å². The third-order valence-corrected chi connectivity index (χ3v) is 7.04. The zero-order chi connectivity index (χ0) is 25.5. The summed E-state index contributed by atoms with van der Waals surface area (Å²) in [5.41, 5.74) is 2.93. The summed E-state index contributed by atoms with van der Waals surface area (Å²) < 4.78 is 14.4. The van der Waals surface area contributed by atoms with Gasteiger partial charge in [0.25, 0.3) is 0 Å². The Morgan fingerprint density at radius 3 is 2.83 bits per heavy atom. The molecule has 0 radical (unpaired) electrons. The summed E-state index contributed by atoms with van der Waals surface area (Å²) in [6.07, 6.45) is 3.72. The van der Waals surface area contributed by atoms with Crippen LogP contribution in [0.4, 0.5) is 5.95 Å². The molecule has 0 fully saturated rings. The van der Waals surface area contributed by atoms with Gasteiger partial charge in [-0.05, 0) is 37.1 Å². The molecule has 36 heavy (non-hydrogen) atoms. The topological polar surface area (TPSA) is 78.3 Å². The molecule has 3 aromatic rings. The average Bonchev–Trinajstić information content (AvgIpc) is 3.28. The number of benzene rings is 2. The van der Waals surface area contributed by atoms with Crippen molar-refractivity contribution in [3.63, 3.8) is 0 Å². The number of nitrogens with zero attached hydrogens (tertiary/aromatic N) is 3. The fourth-order valence-electron chi connectivity index (χ4n) is 3.86. The summed E-state index contributed by atoms with van der Waals surface area (Å²) in [7, 11) is 0. The number of esters is 1. The van der Waals surface area contributed by atoms with E-state index in [-0.39, 0.29) is 6.61 Å². The molecule has 1 aliphatic heterocycles. The molecule has 0 saturated carbocycles. The van der Waals surface area contributed by atoms with Gasteiger partial charge >= 0.3 is 5.97 Å². The molecule has 2 heterocycles. The summed E-state index contributed by atoms with van der Waals surface area (Å²) in [4.78, 5) is 18.0. The minimum atomic E-state index is -0.588. The first-order valence-electron chi connectivity index (χ1n) is 11.8. The van der Waals surface area contributed by atoms with E-state index in [2.05, 4.69) is 34.7 Å². The minimum Gasteiger partial charge on any atom is -0.489 e. The number of carbonyl (C=O) groups is 1. The van der Waals surface area contributed by atoms with Gasteiger partial charge in [0.15, 0.2) is 0 Å². The Labute approximate surface area is 224 Å². The quantitative estimate of drug-likeness (QED) is 0.122. The smallest absolute Gasteiger partial charge is 0.338 e. The predicted octanol–water partition coefficient (Wildman–Crippen LogP) is 6.53. The first-order valence-corrected chi connectivity index (χ1v) is 13.6. The Kier molecular flexibility index (Phi) is 8.88. The Balaban J connectivity index is 1.77. The number of thioether (sulfide) groups is 1. The molecular formula is C27H29BrN4O3S. The zero-order valence-electron chi connectivity index (χ0n) is 20.4. The number of hydrogen-bond donors (Lipinski definition) is 1. The molecule has 2 aromatic carbocycles. The highest BCUT2D eigenvalue weighted by molar-refractivity contribution is 9.10. The van der Waals surface area contributed by atoms with Crippen LogP contribution in [0.2, 0.25) is 0 Å². The van der Waals surface area contributed by atoms with E-state index < -0.39 is 12.0 Å². The van der Waals surface area contributed by atoms with Gasteiger partial charge in [0.1, 0.15) is 25.0 Å². The number of carbonyl (C=O) groups excluding carboxylic acids is 1. The van der Waals surface area contributed by atoms with Crippen LogP contribution in [-0.4, -0.2) is 33.1 Å². The lowest BCUT2D eigenvalue weighted by Gasteiger charge is -2.29. The van der Waals surface area contributed by atoms with Crippen LogP contribution in [-0.2, 0) is 16.1 Å².